The summed E-state index contributed by atoms with van der Waals surface area (Å²) in [6.45, 7) is -3.02. The van der Waals surface area contributed by atoms with E-state index in [0.717, 1.165) is 12.4 Å². The largest absolute Gasteiger partial charge is 0.481 e. The van der Waals surface area contributed by atoms with Crippen molar-refractivity contribution in [3.05, 3.63) is 36.2 Å². The summed E-state index contributed by atoms with van der Waals surface area (Å²) < 4.78 is 86.4. The number of halogens is 4. The highest BCUT2D eigenvalue weighted by molar-refractivity contribution is 7.93. The van der Waals surface area contributed by atoms with E-state index in [1.165, 1.54) is 25.3 Å². The van der Waals surface area contributed by atoms with E-state index in [4.69, 9.17) is 4.74 Å². The van der Waals surface area contributed by atoms with Crippen molar-refractivity contribution < 1.29 is 35.5 Å². The van der Waals surface area contributed by atoms with Crippen LogP contribution in [0, 0.1) is 0 Å². The van der Waals surface area contributed by atoms with Crippen molar-refractivity contribution >= 4 is 26.9 Å². The number of sulfonamides is 1. The number of alkyl halides is 4. The summed E-state index contributed by atoms with van der Waals surface area (Å²) in [5.74, 6) is -0.716. The van der Waals surface area contributed by atoms with Gasteiger partial charge in [0.2, 0.25) is 18.3 Å². The molecule has 13 heteroatoms. The smallest absolute Gasteiger partial charge is 0.387 e. The lowest BCUT2D eigenvalue weighted by Gasteiger charge is -2.10. The second-order valence-corrected chi connectivity index (χ2v) is 7.32. The average molecular weight is 434 g/mol. The number of ether oxygens (including phenoxy) is 2. The van der Waals surface area contributed by atoms with Crippen LogP contribution in [-0.4, -0.2) is 43.5 Å². The minimum Gasteiger partial charge on any atom is -0.481 e. The molecule has 0 bridgehead atoms. The molecule has 0 amide bonds. The number of anilines is 1. The van der Waals surface area contributed by atoms with E-state index in [1.807, 2.05) is 0 Å². The number of nitrogens with one attached hydrogen (secondary N) is 2. The van der Waals surface area contributed by atoms with E-state index in [1.54, 1.807) is 0 Å². The molecule has 29 heavy (non-hydrogen) atoms. The molecule has 0 spiro atoms. The SMILES string of the molecule is COc1nc(NS(=O)(=O)c2c[nH]c3cc(OC(F)F)ccc23)ncc1CC(F)F. The van der Waals surface area contributed by atoms with Gasteiger partial charge >= 0.3 is 6.61 Å². The maximum Gasteiger partial charge on any atom is 0.387 e. The monoisotopic (exact) mass is 434 g/mol. The molecule has 0 aliphatic rings. The predicted molar refractivity (Wildman–Crippen MR) is 94.0 cm³/mol. The highest BCUT2D eigenvalue weighted by Crippen LogP contribution is 2.28. The van der Waals surface area contributed by atoms with Crippen LogP contribution in [0.15, 0.2) is 35.5 Å². The van der Waals surface area contributed by atoms with Crippen molar-refractivity contribution in [1.29, 1.82) is 0 Å². The Hall–Kier alpha value is -3.09. The third-order valence-corrected chi connectivity index (χ3v) is 5.12. The van der Waals surface area contributed by atoms with Crippen molar-refractivity contribution in [3.63, 3.8) is 0 Å². The third-order valence-electron chi connectivity index (χ3n) is 3.75. The first-order valence-electron chi connectivity index (χ1n) is 7.96. The molecule has 156 valence electrons. The summed E-state index contributed by atoms with van der Waals surface area (Å²) in [5.41, 5.74) is 0.262. The van der Waals surface area contributed by atoms with Gasteiger partial charge in [-0.1, -0.05) is 0 Å². The number of rotatable bonds is 8. The summed E-state index contributed by atoms with van der Waals surface area (Å²) in [6.07, 6.45) is -1.11. The summed E-state index contributed by atoms with van der Waals surface area (Å²) in [7, 11) is -2.99. The lowest BCUT2D eigenvalue weighted by atomic mass is 10.2. The lowest BCUT2D eigenvalue weighted by molar-refractivity contribution is -0.0497. The molecule has 1 aromatic carbocycles. The molecule has 3 rings (SSSR count). The number of nitrogens with zero attached hydrogens (tertiary/aromatic N) is 2. The molecule has 0 atom stereocenters. The van der Waals surface area contributed by atoms with Gasteiger partial charge < -0.3 is 14.5 Å². The minimum absolute atomic E-state index is 0.0177. The lowest BCUT2D eigenvalue weighted by Crippen LogP contribution is -2.15. The topological polar surface area (TPSA) is 106 Å². The Morgan fingerprint density at radius 3 is 2.66 bits per heavy atom. The van der Waals surface area contributed by atoms with E-state index < -0.39 is 29.5 Å². The zero-order valence-corrected chi connectivity index (χ0v) is 15.5. The molecule has 3 aromatic rings. The molecule has 2 aromatic heterocycles. The van der Waals surface area contributed by atoms with Crippen molar-refractivity contribution in [2.75, 3.05) is 11.8 Å². The normalized spacial score (nSPS) is 12.0. The van der Waals surface area contributed by atoms with Gasteiger partial charge in [-0.2, -0.15) is 13.8 Å². The first-order chi connectivity index (χ1) is 13.7. The standard InChI is InChI=1S/C16H14F4N4O4S/c1-27-14-8(4-13(17)18)6-22-16(23-14)24-29(25,26)12-7-21-11-5-9(28-15(19)20)2-3-10(11)12/h2-3,5-7,13,15,21H,4H2,1H3,(H,22,23,24). The van der Waals surface area contributed by atoms with Gasteiger partial charge in [0, 0.05) is 35.8 Å². The molecule has 0 fully saturated rings. The average Bonchev–Trinajstić information content (AvgIpc) is 3.06. The van der Waals surface area contributed by atoms with Crippen LogP contribution < -0.4 is 14.2 Å². The van der Waals surface area contributed by atoms with Crippen LogP contribution in [0.5, 0.6) is 11.6 Å². The van der Waals surface area contributed by atoms with Crippen LogP contribution in [0.2, 0.25) is 0 Å². The number of H-pyrrole nitrogens is 1. The number of hydrogen-bond acceptors (Lipinski definition) is 6. The molecule has 0 saturated carbocycles. The number of aromatic nitrogens is 3. The number of aromatic amines is 1. The Morgan fingerprint density at radius 2 is 2.00 bits per heavy atom. The Kier molecular flexibility index (Phi) is 5.77. The van der Waals surface area contributed by atoms with Crippen molar-refractivity contribution in [2.45, 2.75) is 24.4 Å². The number of methoxy groups -OCH3 is 1. The molecule has 0 aliphatic heterocycles. The molecule has 0 radical (unpaired) electrons. The summed E-state index contributed by atoms with van der Waals surface area (Å²) in [4.78, 5) is 9.98. The molecule has 0 unspecified atom stereocenters. The van der Waals surface area contributed by atoms with Gasteiger partial charge in [0.15, 0.2) is 0 Å². The van der Waals surface area contributed by atoms with Gasteiger partial charge in [0.05, 0.1) is 12.6 Å². The molecular weight excluding hydrogens is 420 g/mol. The maximum absolute atomic E-state index is 12.7. The Bertz CT molecular complexity index is 1120. The van der Waals surface area contributed by atoms with Crippen LogP contribution in [-0.2, 0) is 16.4 Å². The van der Waals surface area contributed by atoms with Crippen molar-refractivity contribution in [2.24, 2.45) is 0 Å². The highest BCUT2D eigenvalue weighted by Gasteiger charge is 2.22. The molecule has 2 N–H and O–H groups in total. The summed E-state index contributed by atoms with van der Waals surface area (Å²) in [6, 6.07) is 3.71. The number of benzene rings is 1. The first-order valence-corrected chi connectivity index (χ1v) is 9.44. The van der Waals surface area contributed by atoms with Gasteiger partial charge in [-0.15, -0.1) is 0 Å². The Balaban J connectivity index is 1.89. The van der Waals surface area contributed by atoms with Gasteiger partial charge in [-0.05, 0) is 12.1 Å². The van der Waals surface area contributed by atoms with Crippen LogP contribution in [0.3, 0.4) is 0 Å². The van der Waals surface area contributed by atoms with Crippen molar-refractivity contribution in [3.8, 4) is 11.6 Å². The second kappa shape index (κ2) is 8.11. The fourth-order valence-electron chi connectivity index (χ4n) is 2.58. The van der Waals surface area contributed by atoms with Crippen LogP contribution in [0.4, 0.5) is 23.5 Å². The molecular formula is C16H14F4N4O4S. The van der Waals surface area contributed by atoms with Gasteiger partial charge in [0.25, 0.3) is 10.0 Å². The predicted octanol–water partition coefficient (Wildman–Crippen LogP) is 3.18. The van der Waals surface area contributed by atoms with Gasteiger partial charge in [-0.3, -0.25) is 0 Å². The van der Waals surface area contributed by atoms with Crippen LogP contribution in [0.1, 0.15) is 5.56 Å². The van der Waals surface area contributed by atoms with Crippen LogP contribution in [0.25, 0.3) is 10.9 Å². The van der Waals surface area contributed by atoms with E-state index in [0.29, 0.717) is 0 Å². The second-order valence-electron chi connectivity index (χ2n) is 5.67. The van der Waals surface area contributed by atoms with E-state index in [9.17, 15) is 26.0 Å². The molecule has 0 aliphatic carbocycles. The fourth-order valence-corrected chi connectivity index (χ4v) is 3.71. The van der Waals surface area contributed by atoms with Crippen LogP contribution >= 0.6 is 0 Å². The van der Waals surface area contributed by atoms with Crippen molar-refractivity contribution in [1.82, 2.24) is 15.0 Å². The third kappa shape index (κ3) is 4.67. The molecule has 0 saturated heterocycles. The van der Waals surface area contributed by atoms with E-state index >= 15 is 0 Å². The van der Waals surface area contributed by atoms with E-state index in [2.05, 4.69) is 24.4 Å². The Labute approximate surface area is 161 Å². The van der Waals surface area contributed by atoms with Gasteiger partial charge in [-0.25, -0.2) is 26.9 Å². The fraction of sp³-hybridized carbons (Fsp3) is 0.250. The quantitative estimate of drug-likeness (QED) is 0.528. The molecule has 8 nitrogen and oxygen atoms in total. The maximum atomic E-state index is 12.7. The first kappa shape index (κ1) is 20.6. The minimum atomic E-state index is -4.19. The summed E-state index contributed by atoms with van der Waals surface area (Å²) >= 11 is 0. The van der Waals surface area contributed by atoms with E-state index in [-0.39, 0.29) is 38.9 Å². The number of fused-ring (bicyclic) bond motifs is 1. The highest BCUT2D eigenvalue weighted by atomic mass is 32.2. The number of hydrogen-bond donors (Lipinski definition) is 2. The zero-order chi connectivity index (χ0) is 21.2. The van der Waals surface area contributed by atoms with Gasteiger partial charge in [0.1, 0.15) is 10.6 Å². The molecule has 2 heterocycles. The zero-order valence-electron chi connectivity index (χ0n) is 14.7. The summed E-state index contributed by atoms with van der Waals surface area (Å²) in [5, 5.41) is 0.209. The Morgan fingerprint density at radius 1 is 1.24 bits per heavy atom.